The Morgan fingerprint density at radius 2 is 2.05 bits per heavy atom. The molecule has 9 heteroatoms. The zero-order chi connectivity index (χ0) is 14.2. The first-order valence-corrected chi connectivity index (χ1v) is 7.32. The minimum atomic E-state index is -3.92. The quantitative estimate of drug-likeness (QED) is 0.756. The summed E-state index contributed by atoms with van der Waals surface area (Å²) >= 11 is 11.6. The highest BCUT2D eigenvalue weighted by Gasteiger charge is 2.23. The van der Waals surface area contributed by atoms with Gasteiger partial charge in [0.1, 0.15) is 10.7 Å². The number of benzene rings is 1. The minimum Gasteiger partial charge on any atom is -0.398 e. The molecule has 102 valence electrons. The van der Waals surface area contributed by atoms with E-state index >= 15 is 0 Å². The van der Waals surface area contributed by atoms with Crippen LogP contribution in [0, 0.1) is 6.92 Å². The van der Waals surface area contributed by atoms with Crippen LogP contribution in [0.2, 0.25) is 10.0 Å². The summed E-state index contributed by atoms with van der Waals surface area (Å²) in [4.78, 5) is -0.215. The number of sulfonamides is 1. The maximum atomic E-state index is 12.2. The van der Waals surface area contributed by atoms with Crippen molar-refractivity contribution >= 4 is 44.7 Å². The van der Waals surface area contributed by atoms with E-state index in [-0.39, 0.29) is 26.4 Å². The van der Waals surface area contributed by atoms with Crippen molar-refractivity contribution in [1.82, 2.24) is 10.2 Å². The molecule has 6 nitrogen and oxygen atoms in total. The van der Waals surface area contributed by atoms with Crippen LogP contribution >= 0.6 is 23.2 Å². The molecule has 0 saturated heterocycles. The van der Waals surface area contributed by atoms with E-state index in [1.54, 1.807) is 6.92 Å². The summed E-state index contributed by atoms with van der Waals surface area (Å²) in [5.41, 5.74) is 6.28. The molecule has 0 fully saturated rings. The number of hydrogen-bond acceptors (Lipinski definition) is 4. The molecular weight excluding hydrogens is 311 g/mol. The fraction of sp³-hybridized carbons (Fsp3) is 0.100. The van der Waals surface area contributed by atoms with Crippen molar-refractivity contribution in [2.45, 2.75) is 11.8 Å². The van der Waals surface area contributed by atoms with Gasteiger partial charge < -0.3 is 5.73 Å². The van der Waals surface area contributed by atoms with E-state index in [9.17, 15) is 8.42 Å². The molecular formula is C10H10Cl2N4O2S. The average molecular weight is 321 g/mol. The van der Waals surface area contributed by atoms with Crippen molar-refractivity contribution < 1.29 is 8.42 Å². The fourth-order valence-corrected chi connectivity index (χ4v) is 3.58. The SMILES string of the molecule is Cc1cn[nH]c1NS(=O)(=O)c1c(N)cc(Cl)cc1Cl. The fourth-order valence-electron chi connectivity index (χ4n) is 1.50. The van der Waals surface area contributed by atoms with Gasteiger partial charge in [0, 0.05) is 10.6 Å². The third-order valence-corrected chi connectivity index (χ3v) is 4.47. The lowest BCUT2D eigenvalue weighted by Gasteiger charge is -2.11. The molecule has 0 radical (unpaired) electrons. The number of H-pyrrole nitrogens is 1. The first kappa shape index (κ1) is 14.0. The van der Waals surface area contributed by atoms with Crippen LogP contribution in [0.5, 0.6) is 0 Å². The number of halogens is 2. The number of nitrogens with one attached hydrogen (secondary N) is 2. The van der Waals surface area contributed by atoms with Crippen LogP contribution in [0.3, 0.4) is 0 Å². The van der Waals surface area contributed by atoms with Crippen molar-refractivity contribution in [2.24, 2.45) is 0 Å². The second-order valence-corrected chi connectivity index (χ2v) is 6.30. The molecule has 1 aromatic carbocycles. The lowest BCUT2D eigenvalue weighted by Crippen LogP contribution is -2.16. The molecule has 2 rings (SSSR count). The third kappa shape index (κ3) is 2.78. The molecule has 0 bridgehead atoms. The van der Waals surface area contributed by atoms with Crippen LogP contribution in [-0.4, -0.2) is 18.6 Å². The maximum absolute atomic E-state index is 12.2. The summed E-state index contributed by atoms with van der Waals surface area (Å²) in [7, 11) is -3.92. The second-order valence-electron chi connectivity index (χ2n) is 3.84. The van der Waals surface area contributed by atoms with Crippen molar-refractivity contribution in [2.75, 3.05) is 10.5 Å². The van der Waals surface area contributed by atoms with Crippen molar-refractivity contribution in [3.63, 3.8) is 0 Å². The minimum absolute atomic E-state index is 0.0258. The van der Waals surface area contributed by atoms with Crippen molar-refractivity contribution in [3.8, 4) is 0 Å². The Morgan fingerprint density at radius 3 is 2.58 bits per heavy atom. The largest absolute Gasteiger partial charge is 0.398 e. The number of nitrogens with zero attached hydrogens (tertiary/aromatic N) is 1. The van der Waals surface area contributed by atoms with Crippen LogP contribution in [0.4, 0.5) is 11.5 Å². The zero-order valence-corrected chi connectivity index (χ0v) is 12.1. The van der Waals surface area contributed by atoms with Crippen LogP contribution < -0.4 is 10.5 Å². The molecule has 1 aromatic heterocycles. The Hall–Kier alpha value is -1.44. The molecule has 0 aliphatic carbocycles. The van der Waals surface area contributed by atoms with Gasteiger partial charge in [0.25, 0.3) is 10.0 Å². The number of aromatic nitrogens is 2. The zero-order valence-electron chi connectivity index (χ0n) is 9.74. The molecule has 0 unspecified atom stereocenters. The highest BCUT2D eigenvalue weighted by atomic mass is 35.5. The molecule has 2 aromatic rings. The molecule has 0 aliphatic rings. The molecule has 0 amide bonds. The Kier molecular flexibility index (Phi) is 3.62. The van der Waals surface area contributed by atoms with Gasteiger partial charge in [-0.3, -0.25) is 9.82 Å². The van der Waals surface area contributed by atoms with Crippen LogP contribution in [0.1, 0.15) is 5.56 Å². The van der Waals surface area contributed by atoms with Gasteiger partial charge in [-0.05, 0) is 19.1 Å². The lowest BCUT2D eigenvalue weighted by atomic mass is 10.3. The Bertz CT molecular complexity index is 704. The van der Waals surface area contributed by atoms with E-state index in [1.165, 1.54) is 18.3 Å². The van der Waals surface area contributed by atoms with Crippen molar-refractivity contribution in [3.05, 3.63) is 33.9 Å². The molecule has 0 spiro atoms. The number of hydrogen-bond donors (Lipinski definition) is 3. The Morgan fingerprint density at radius 1 is 1.37 bits per heavy atom. The maximum Gasteiger partial charge on any atom is 0.266 e. The van der Waals surface area contributed by atoms with Gasteiger partial charge in [-0.2, -0.15) is 5.10 Å². The van der Waals surface area contributed by atoms with E-state index in [4.69, 9.17) is 28.9 Å². The summed E-state index contributed by atoms with van der Waals surface area (Å²) in [6.45, 7) is 1.70. The summed E-state index contributed by atoms with van der Waals surface area (Å²) in [6, 6.07) is 2.63. The summed E-state index contributed by atoms with van der Waals surface area (Å²) in [5, 5.41) is 6.47. The van der Waals surface area contributed by atoms with E-state index in [1.807, 2.05) is 0 Å². The monoisotopic (exact) mass is 320 g/mol. The smallest absolute Gasteiger partial charge is 0.266 e. The average Bonchev–Trinajstić information content (AvgIpc) is 2.61. The summed E-state index contributed by atoms with van der Waals surface area (Å²) in [5.74, 6) is 0.255. The molecule has 4 N–H and O–H groups in total. The third-order valence-electron chi connectivity index (χ3n) is 2.37. The lowest BCUT2D eigenvalue weighted by molar-refractivity contribution is 0.601. The first-order valence-electron chi connectivity index (χ1n) is 5.08. The molecule has 0 atom stereocenters. The predicted molar refractivity (Wildman–Crippen MR) is 75.0 cm³/mol. The van der Waals surface area contributed by atoms with Crippen molar-refractivity contribution in [1.29, 1.82) is 0 Å². The van der Waals surface area contributed by atoms with Gasteiger partial charge in [0.2, 0.25) is 0 Å². The number of nitrogen functional groups attached to an aromatic ring is 1. The summed E-state index contributed by atoms with van der Waals surface area (Å²) < 4.78 is 26.8. The number of anilines is 2. The molecule has 0 aliphatic heterocycles. The molecule has 19 heavy (non-hydrogen) atoms. The van der Waals surface area contributed by atoms with E-state index < -0.39 is 10.0 Å². The van der Waals surface area contributed by atoms with Gasteiger partial charge in [-0.25, -0.2) is 8.42 Å². The van der Waals surface area contributed by atoms with Gasteiger partial charge in [-0.15, -0.1) is 0 Å². The molecule has 0 saturated carbocycles. The van der Waals surface area contributed by atoms with Gasteiger partial charge in [-0.1, -0.05) is 23.2 Å². The Balaban J connectivity index is 2.49. The second kappa shape index (κ2) is 4.92. The van der Waals surface area contributed by atoms with Crippen LogP contribution in [0.15, 0.2) is 23.2 Å². The standard InChI is InChI=1S/C10H10Cl2N4O2S/c1-5-4-14-15-10(5)16-19(17,18)9-7(12)2-6(11)3-8(9)13/h2-4H,13H2,1H3,(H2,14,15,16). The van der Waals surface area contributed by atoms with Crippen LogP contribution in [0.25, 0.3) is 0 Å². The topological polar surface area (TPSA) is 101 Å². The first-order chi connectivity index (χ1) is 8.81. The van der Waals surface area contributed by atoms with E-state index in [2.05, 4.69) is 14.9 Å². The highest BCUT2D eigenvalue weighted by Crippen LogP contribution is 2.32. The number of aryl methyl sites for hydroxylation is 1. The Labute approximate surface area is 120 Å². The van der Waals surface area contributed by atoms with Gasteiger partial charge in [0.05, 0.1) is 16.9 Å². The number of rotatable bonds is 3. The number of aromatic amines is 1. The van der Waals surface area contributed by atoms with E-state index in [0.29, 0.717) is 5.56 Å². The highest BCUT2D eigenvalue weighted by molar-refractivity contribution is 7.93. The predicted octanol–water partition coefficient (Wildman–Crippen LogP) is 2.41. The summed E-state index contributed by atoms with van der Waals surface area (Å²) in [6.07, 6.45) is 1.49. The van der Waals surface area contributed by atoms with E-state index in [0.717, 1.165) is 0 Å². The number of nitrogens with two attached hydrogens (primary N) is 1. The van der Waals surface area contributed by atoms with Gasteiger partial charge in [0.15, 0.2) is 0 Å². The van der Waals surface area contributed by atoms with Gasteiger partial charge >= 0.3 is 0 Å². The van der Waals surface area contributed by atoms with Crippen LogP contribution in [-0.2, 0) is 10.0 Å². The normalized spacial score (nSPS) is 11.5. The molecule has 1 heterocycles.